The van der Waals surface area contributed by atoms with Crippen LogP contribution in [0.2, 0.25) is 0 Å². The first-order valence-electron chi connectivity index (χ1n) is 10.3. The van der Waals surface area contributed by atoms with E-state index in [4.69, 9.17) is 4.42 Å². The number of furan rings is 1. The number of aryl methyl sites for hydroxylation is 1. The van der Waals surface area contributed by atoms with E-state index in [9.17, 15) is 9.59 Å². The molecule has 0 bridgehead atoms. The van der Waals surface area contributed by atoms with Gasteiger partial charge in [0.25, 0.3) is 5.91 Å². The summed E-state index contributed by atoms with van der Waals surface area (Å²) < 4.78 is 4.95. The number of piperidine rings is 1. The van der Waals surface area contributed by atoms with Crippen LogP contribution in [-0.2, 0) is 11.2 Å². The van der Waals surface area contributed by atoms with Crippen LogP contribution in [0, 0.1) is 5.92 Å². The Labute approximate surface area is 170 Å². The van der Waals surface area contributed by atoms with E-state index in [0.29, 0.717) is 24.4 Å². The van der Waals surface area contributed by atoms with E-state index in [-0.39, 0.29) is 11.8 Å². The van der Waals surface area contributed by atoms with Gasteiger partial charge in [0.15, 0.2) is 0 Å². The van der Waals surface area contributed by atoms with Crippen molar-refractivity contribution in [3.8, 4) is 0 Å². The maximum absolute atomic E-state index is 12.7. The van der Waals surface area contributed by atoms with E-state index >= 15 is 0 Å². The van der Waals surface area contributed by atoms with E-state index < -0.39 is 0 Å². The Balaban J connectivity index is 1.22. The normalized spacial score (nSPS) is 16.8. The second-order valence-corrected chi connectivity index (χ2v) is 7.78. The van der Waals surface area contributed by atoms with Gasteiger partial charge in [-0.2, -0.15) is 0 Å². The number of fused-ring (bicyclic) bond motifs is 1. The van der Waals surface area contributed by atoms with Crippen molar-refractivity contribution in [1.82, 2.24) is 15.2 Å². The maximum atomic E-state index is 12.7. The van der Waals surface area contributed by atoms with Gasteiger partial charge in [-0.3, -0.25) is 9.59 Å². The quantitative estimate of drug-likeness (QED) is 0.642. The van der Waals surface area contributed by atoms with Gasteiger partial charge in [-0.1, -0.05) is 18.2 Å². The highest BCUT2D eigenvalue weighted by molar-refractivity contribution is 5.93. The Morgan fingerprint density at radius 3 is 3.00 bits per heavy atom. The molecule has 6 heteroatoms. The molecule has 3 aromatic rings. The van der Waals surface area contributed by atoms with Gasteiger partial charge in [0.1, 0.15) is 6.26 Å². The van der Waals surface area contributed by atoms with Crippen LogP contribution in [0.25, 0.3) is 10.9 Å². The molecule has 3 heterocycles. The minimum absolute atomic E-state index is 0.124. The van der Waals surface area contributed by atoms with Crippen molar-refractivity contribution in [2.75, 3.05) is 19.6 Å². The van der Waals surface area contributed by atoms with Crippen molar-refractivity contribution in [3.05, 3.63) is 60.2 Å². The second-order valence-electron chi connectivity index (χ2n) is 7.78. The fraction of sp³-hybridized carbons (Fsp3) is 0.391. The molecule has 1 saturated heterocycles. The first-order valence-corrected chi connectivity index (χ1v) is 10.3. The number of likely N-dealkylation sites (tertiary alicyclic amines) is 1. The smallest absolute Gasteiger partial charge is 0.254 e. The van der Waals surface area contributed by atoms with Gasteiger partial charge in [-0.15, -0.1) is 0 Å². The molecule has 4 rings (SSSR count). The Hall–Kier alpha value is -3.02. The van der Waals surface area contributed by atoms with Gasteiger partial charge in [-0.25, -0.2) is 0 Å². The van der Waals surface area contributed by atoms with Crippen LogP contribution in [0.3, 0.4) is 0 Å². The highest BCUT2D eigenvalue weighted by Crippen LogP contribution is 2.21. The molecule has 29 heavy (non-hydrogen) atoms. The summed E-state index contributed by atoms with van der Waals surface area (Å²) in [7, 11) is 0. The number of aromatic amines is 1. The van der Waals surface area contributed by atoms with E-state index in [1.54, 1.807) is 6.07 Å². The molecule has 2 aromatic heterocycles. The Kier molecular flexibility index (Phi) is 5.98. The zero-order chi connectivity index (χ0) is 20.1. The molecule has 1 unspecified atom stereocenters. The number of para-hydroxylation sites is 1. The number of carbonyl (C=O) groups excluding carboxylic acids is 2. The molecule has 2 N–H and O–H groups in total. The number of H-pyrrole nitrogens is 1. The lowest BCUT2D eigenvalue weighted by atomic mass is 9.97. The monoisotopic (exact) mass is 393 g/mol. The molecule has 1 atom stereocenters. The molecule has 1 fully saturated rings. The average Bonchev–Trinajstić information content (AvgIpc) is 3.43. The summed E-state index contributed by atoms with van der Waals surface area (Å²) in [6.07, 6.45) is 9.31. The third-order valence-corrected chi connectivity index (χ3v) is 5.72. The number of hydrogen-bond acceptors (Lipinski definition) is 3. The third kappa shape index (κ3) is 4.70. The van der Waals surface area contributed by atoms with E-state index in [1.165, 1.54) is 23.5 Å². The fourth-order valence-corrected chi connectivity index (χ4v) is 4.12. The van der Waals surface area contributed by atoms with E-state index in [1.807, 2.05) is 17.0 Å². The molecule has 0 spiro atoms. The fourth-order valence-electron chi connectivity index (χ4n) is 4.12. The van der Waals surface area contributed by atoms with Crippen molar-refractivity contribution >= 4 is 22.7 Å². The molecule has 0 aliphatic carbocycles. The number of hydrogen-bond donors (Lipinski definition) is 2. The molecule has 1 aliphatic rings. The molecule has 1 aliphatic heterocycles. The molecule has 152 valence electrons. The molecule has 0 saturated carbocycles. The maximum Gasteiger partial charge on any atom is 0.254 e. The number of amides is 2. The summed E-state index contributed by atoms with van der Waals surface area (Å²) in [5, 5.41) is 4.19. The highest BCUT2D eigenvalue weighted by atomic mass is 16.3. The molecular weight excluding hydrogens is 366 g/mol. The van der Waals surface area contributed by atoms with Gasteiger partial charge in [0.05, 0.1) is 11.8 Å². The molecule has 0 radical (unpaired) electrons. The van der Waals surface area contributed by atoms with Gasteiger partial charge in [0.2, 0.25) is 5.91 Å². The topological polar surface area (TPSA) is 78.3 Å². The highest BCUT2D eigenvalue weighted by Gasteiger charge is 2.24. The SMILES string of the molecule is O=C(NCC1CCCN(C(=O)CCCc2c[nH]c3ccccc23)C1)c1ccoc1. The predicted molar refractivity (Wildman–Crippen MR) is 112 cm³/mol. The van der Waals surface area contributed by atoms with Crippen molar-refractivity contribution in [2.24, 2.45) is 5.92 Å². The number of nitrogens with one attached hydrogen (secondary N) is 2. The molecule has 2 amide bonds. The zero-order valence-electron chi connectivity index (χ0n) is 16.5. The van der Waals surface area contributed by atoms with Crippen LogP contribution in [0.5, 0.6) is 0 Å². The second kappa shape index (κ2) is 8.99. The number of benzene rings is 1. The molecule has 6 nitrogen and oxygen atoms in total. The van der Waals surface area contributed by atoms with Gasteiger partial charge >= 0.3 is 0 Å². The molecule has 1 aromatic carbocycles. The summed E-state index contributed by atoms with van der Waals surface area (Å²) in [4.78, 5) is 30.0. The predicted octanol–water partition coefficient (Wildman–Crippen LogP) is 3.75. The average molecular weight is 393 g/mol. The zero-order valence-corrected chi connectivity index (χ0v) is 16.5. The van der Waals surface area contributed by atoms with E-state index in [2.05, 4.69) is 28.6 Å². The lowest BCUT2D eigenvalue weighted by Gasteiger charge is -2.33. The van der Waals surface area contributed by atoms with Gasteiger partial charge in [-0.05, 0) is 49.3 Å². The largest absolute Gasteiger partial charge is 0.472 e. The van der Waals surface area contributed by atoms with Crippen molar-refractivity contribution in [2.45, 2.75) is 32.1 Å². The lowest BCUT2D eigenvalue weighted by Crippen LogP contribution is -2.43. The van der Waals surface area contributed by atoms with Crippen LogP contribution in [0.15, 0.2) is 53.5 Å². The van der Waals surface area contributed by atoms with Gasteiger partial charge < -0.3 is 19.6 Å². The number of rotatable bonds is 7. The van der Waals surface area contributed by atoms with Crippen molar-refractivity contribution < 1.29 is 14.0 Å². The van der Waals surface area contributed by atoms with Crippen molar-refractivity contribution in [1.29, 1.82) is 0 Å². The third-order valence-electron chi connectivity index (χ3n) is 5.72. The standard InChI is InChI=1S/C23H27N3O3/c27-22(9-3-6-18-14-24-21-8-2-1-7-20(18)21)26-11-4-5-17(15-26)13-25-23(28)19-10-12-29-16-19/h1-2,7-8,10,12,14,16-17,24H,3-6,9,11,13,15H2,(H,25,28). The summed E-state index contributed by atoms with van der Waals surface area (Å²) in [5.74, 6) is 0.397. The van der Waals surface area contributed by atoms with E-state index in [0.717, 1.165) is 44.3 Å². The van der Waals surface area contributed by atoms with Crippen LogP contribution in [-0.4, -0.2) is 41.3 Å². The minimum Gasteiger partial charge on any atom is -0.472 e. The summed E-state index contributed by atoms with van der Waals surface area (Å²) >= 11 is 0. The van der Waals surface area contributed by atoms with Crippen LogP contribution >= 0.6 is 0 Å². The minimum atomic E-state index is -0.124. The first-order chi connectivity index (χ1) is 14.2. The van der Waals surface area contributed by atoms with Crippen LogP contribution < -0.4 is 5.32 Å². The van der Waals surface area contributed by atoms with Crippen LogP contribution in [0.4, 0.5) is 0 Å². The van der Waals surface area contributed by atoms with Crippen molar-refractivity contribution in [3.63, 3.8) is 0 Å². The number of nitrogens with zero attached hydrogens (tertiary/aromatic N) is 1. The molecular formula is C23H27N3O3. The number of carbonyl (C=O) groups is 2. The van der Waals surface area contributed by atoms with Crippen LogP contribution in [0.1, 0.15) is 41.6 Å². The summed E-state index contributed by atoms with van der Waals surface area (Å²) in [5.41, 5.74) is 2.95. The van der Waals surface area contributed by atoms with Gasteiger partial charge in [0, 0.05) is 43.2 Å². The lowest BCUT2D eigenvalue weighted by molar-refractivity contribution is -0.133. The first kappa shape index (κ1) is 19.3. The summed E-state index contributed by atoms with van der Waals surface area (Å²) in [6.45, 7) is 2.12. The Bertz CT molecular complexity index is 961. The number of aromatic nitrogens is 1. The Morgan fingerprint density at radius 1 is 1.24 bits per heavy atom. The Morgan fingerprint density at radius 2 is 2.14 bits per heavy atom. The summed E-state index contributed by atoms with van der Waals surface area (Å²) in [6, 6.07) is 9.92.